The number of hydrogen-bond acceptors (Lipinski definition) is 8. The largest absolute Gasteiger partial charge is 0.371 e. The molecule has 1 aromatic rings. The Labute approximate surface area is 86.8 Å². The summed E-state index contributed by atoms with van der Waals surface area (Å²) in [6.45, 7) is 3.57. The van der Waals surface area contributed by atoms with Gasteiger partial charge in [0.25, 0.3) is 0 Å². The van der Waals surface area contributed by atoms with Crippen molar-refractivity contribution in [3.63, 3.8) is 0 Å². The van der Waals surface area contributed by atoms with Gasteiger partial charge in [-0.05, 0) is 0 Å². The maximum atomic E-state index is 7.93. The Kier molecular flexibility index (Phi) is 6.51. The van der Waals surface area contributed by atoms with Gasteiger partial charge in [0.1, 0.15) is 6.79 Å². The zero-order valence-electron chi connectivity index (χ0n) is 8.13. The Balaban J connectivity index is 0.000000288. The van der Waals surface area contributed by atoms with Crippen LogP contribution in [0.2, 0.25) is 0 Å². The number of nitrogens with zero attached hydrogens (tertiary/aromatic N) is 3. The molecule has 0 unspecified atom stereocenters. The van der Waals surface area contributed by atoms with Crippen molar-refractivity contribution >= 4 is 17.8 Å². The number of aliphatic hydroxyl groups is 1. The molecule has 0 spiro atoms. The predicted octanol–water partition coefficient (Wildman–Crippen LogP) is -1.24. The fraction of sp³-hybridized carbons (Fsp3) is 0.286. The van der Waals surface area contributed by atoms with E-state index in [9.17, 15) is 0 Å². The summed E-state index contributed by atoms with van der Waals surface area (Å²) in [5.74, 6) is 0.125. The fourth-order valence-electron chi connectivity index (χ4n) is 0.563. The molecule has 1 rings (SSSR count). The number of aliphatic hydroxyl groups excluding tert-OH is 1. The second kappa shape index (κ2) is 7.47. The molecule has 0 aliphatic heterocycles. The topological polar surface area (TPSA) is 146 Å². The first-order valence-electron chi connectivity index (χ1n) is 3.92. The molecule has 0 amide bonds. The van der Waals surface area contributed by atoms with E-state index in [0.717, 1.165) is 0 Å². The first kappa shape index (κ1) is 13.1. The number of rotatable bonds is 3. The summed E-state index contributed by atoms with van der Waals surface area (Å²) in [4.78, 5) is 10.5. The molecule has 0 bridgehead atoms. The normalized spacial score (nSPS) is 8.87. The van der Waals surface area contributed by atoms with Gasteiger partial charge in [-0.3, -0.25) is 0 Å². The maximum Gasteiger partial charge on any atom is 0.226 e. The van der Waals surface area contributed by atoms with Gasteiger partial charge < -0.3 is 27.0 Å². The molecule has 84 valence electrons. The average Bonchev–Trinajstić information content (AvgIpc) is 2.13. The Morgan fingerprint density at radius 3 is 1.73 bits per heavy atom. The summed E-state index contributed by atoms with van der Waals surface area (Å²) < 4.78 is 4.42. The number of nitrogens with two attached hydrogens (primary N) is 3. The minimum atomic E-state index is -0.216. The van der Waals surface area contributed by atoms with Gasteiger partial charge in [0, 0.05) is 0 Å². The van der Waals surface area contributed by atoms with Gasteiger partial charge in [-0.2, -0.15) is 15.0 Å². The SMILES string of the molecule is C=CCOCO.Nc1nc(N)nc(N)n1. The van der Waals surface area contributed by atoms with Crippen LogP contribution in [-0.4, -0.2) is 33.5 Å². The van der Waals surface area contributed by atoms with E-state index in [-0.39, 0.29) is 24.6 Å². The monoisotopic (exact) mass is 214 g/mol. The first-order valence-corrected chi connectivity index (χ1v) is 3.92. The van der Waals surface area contributed by atoms with Crippen LogP contribution in [0.3, 0.4) is 0 Å². The van der Waals surface area contributed by atoms with Gasteiger partial charge in [-0.1, -0.05) is 6.08 Å². The highest BCUT2D eigenvalue weighted by molar-refractivity contribution is 5.33. The van der Waals surface area contributed by atoms with E-state index in [4.69, 9.17) is 22.3 Å². The Hall–Kier alpha value is -1.93. The highest BCUT2D eigenvalue weighted by Gasteiger charge is 1.93. The second-order valence-electron chi connectivity index (χ2n) is 2.20. The Morgan fingerprint density at radius 2 is 1.53 bits per heavy atom. The minimum Gasteiger partial charge on any atom is -0.371 e. The molecular weight excluding hydrogens is 200 g/mol. The van der Waals surface area contributed by atoms with E-state index in [1.54, 1.807) is 6.08 Å². The third-order valence-corrected chi connectivity index (χ3v) is 1.01. The number of aromatic nitrogens is 3. The van der Waals surface area contributed by atoms with Crippen molar-refractivity contribution in [3.8, 4) is 0 Å². The zero-order valence-corrected chi connectivity index (χ0v) is 8.13. The van der Waals surface area contributed by atoms with Crippen LogP contribution in [0.5, 0.6) is 0 Å². The molecule has 0 aromatic carbocycles. The van der Waals surface area contributed by atoms with Crippen molar-refractivity contribution in [2.45, 2.75) is 0 Å². The second-order valence-corrected chi connectivity index (χ2v) is 2.20. The summed E-state index contributed by atoms with van der Waals surface area (Å²) in [5, 5.41) is 7.93. The molecule has 8 nitrogen and oxygen atoms in total. The minimum absolute atomic E-state index is 0.0417. The summed E-state index contributed by atoms with van der Waals surface area (Å²) >= 11 is 0. The van der Waals surface area contributed by atoms with Crippen molar-refractivity contribution in [1.29, 1.82) is 0 Å². The molecule has 0 aliphatic rings. The van der Waals surface area contributed by atoms with Crippen LogP contribution in [0, 0.1) is 0 Å². The highest BCUT2D eigenvalue weighted by Crippen LogP contribution is 1.97. The van der Waals surface area contributed by atoms with Gasteiger partial charge in [-0.15, -0.1) is 6.58 Å². The lowest BCUT2D eigenvalue weighted by Crippen LogP contribution is -2.05. The van der Waals surface area contributed by atoms with Crippen LogP contribution >= 0.6 is 0 Å². The molecule has 0 radical (unpaired) electrons. The lowest BCUT2D eigenvalue weighted by atomic mass is 10.7. The summed E-state index contributed by atoms with van der Waals surface area (Å²) in [5.41, 5.74) is 15.4. The smallest absolute Gasteiger partial charge is 0.226 e. The molecule has 1 heterocycles. The van der Waals surface area contributed by atoms with Crippen molar-refractivity contribution in [1.82, 2.24) is 15.0 Å². The Bertz CT molecular complexity index is 255. The van der Waals surface area contributed by atoms with E-state index >= 15 is 0 Å². The fourth-order valence-corrected chi connectivity index (χ4v) is 0.563. The highest BCUT2D eigenvalue weighted by atomic mass is 16.6. The van der Waals surface area contributed by atoms with E-state index in [1.165, 1.54) is 0 Å². The molecule has 0 aliphatic carbocycles. The van der Waals surface area contributed by atoms with E-state index in [1.807, 2.05) is 0 Å². The molecular formula is C7H14N6O2. The van der Waals surface area contributed by atoms with Gasteiger partial charge in [-0.25, -0.2) is 0 Å². The molecule has 1 aromatic heterocycles. The molecule has 8 heteroatoms. The summed E-state index contributed by atoms with van der Waals surface area (Å²) in [6, 6.07) is 0. The molecule has 0 fully saturated rings. The van der Waals surface area contributed by atoms with Crippen molar-refractivity contribution < 1.29 is 9.84 Å². The van der Waals surface area contributed by atoms with Crippen molar-refractivity contribution in [2.24, 2.45) is 0 Å². The van der Waals surface area contributed by atoms with Gasteiger partial charge in [0.2, 0.25) is 17.8 Å². The van der Waals surface area contributed by atoms with E-state index in [2.05, 4.69) is 26.3 Å². The molecule has 7 N–H and O–H groups in total. The Morgan fingerprint density at radius 1 is 1.13 bits per heavy atom. The third kappa shape index (κ3) is 7.16. The quantitative estimate of drug-likeness (QED) is 0.277. The van der Waals surface area contributed by atoms with Crippen molar-refractivity contribution in [3.05, 3.63) is 12.7 Å². The predicted molar refractivity (Wildman–Crippen MR) is 56.3 cm³/mol. The van der Waals surface area contributed by atoms with Gasteiger partial charge >= 0.3 is 0 Å². The van der Waals surface area contributed by atoms with Crippen LogP contribution < -0.4 is 17.2 Å². The lowest BCUT2D eigenvalue weighted by molar-refractivity contribution is 0.0132. The van der Waals surface area contributed by atoms with Crippen LogP contribution in [0.4, 0.5) is 17.8 Å². The number of hydrogen-bond donors (Lipinski definition) is 4. The number of nitrogen functional groups attached to an aromatic ring is 3. The van der Waals surface area contributed by atoms with Gasteiger partial charge in [0.05, 0.1) is 6.61 Å². The molecule has 0 saturated heterocycles. The summed E-state index contributed by atoms with van der Waals surface area (Å²) in [6.07, 6.45) is 1.58. The number of anilines is 3. The molecule has 15 heavy (non-hydrogen) atoms. The average molecular weight is 214 g/mol. The molecule has 0 saturated carbocycles. The van der Waals surface area contributed by atoms with Crippen LogP contribution in [-0.2, 0) is 4.74 Å². The molecule has 0 atom stereocenters. The standard InChI is InChI=1S/C4H8O2.C3H6N6/c1-2-3-6-4-5;4-1-7-2(5)9-3(6)8-1/h2,5H,1,3-4H2;(H6,4,5,6,7,8,9). The van der Waals surface area contributed by atoms with Gasteiger partial charge in [0.15, 0.2) is 0 Å². The number of ether oxygens (including phenoxy) is 1. The van der Waals surface area contributed by atoms with E-state index in [0.29, 0.717) is 6.61 Å². The maximum absolute atomic E-state index is 7.93. The lowest BCUT2D eigenvalue weighted by Gasteiger charge is -1.93. The van der Waals surface area contributed by atoms with Crippen LogP contribution in [0.15, 0.2) is 12.7 Å². The summed E-state index contributed by atoms with van der Waals surface area (Å²) in [7, 11) is 0. The van der Waals surface area contributed by atoms with Crippen molar-refractivity contribution in [2.75, 3.05) is 30.6 Å². The first-order chi connectivity index (χ1) is 7.10. The van der Waals surface area contributed by atoms with E-state index < -0.39 is 0 Å². The zero-order chi connectivity index (χ0) is 11.7. The van der Waals surface area contributed by atoms with Crippen LogP contribution in [0.25, 0.3) is 0 Å². The third-order valence-electron chi connectivity index (χ3n) is 1.01. The van der Waals surface area contributed by atoms with Crippen LogP contribution in [0.1, 0.15) is 0 Å².